The molecule has 1 atom stereocenters. The molecule has 1 unspecified atom stereocenters. The molecule has 1 aromatic heterocycles. The lowest BCUT2D eigenvalue weighted by Crippen LogP contribution is -2.53. The van der Waals surface area contributed by atoms with Gasteiger partial charge in [0.15, 0.2) is 0 Å². The van der Waals surface area contributed by atoms with Crippen LogP contribution in [-0.4, -0.2) is 46.3 Å². The first-order valence-corrected chi connectivity index (χ1v) is 10.2. The third kappa shape index (κ3) is 3.62. The van der Waals surface area contributed by atoms with Gasteiger partial charge in [0.1, 0.15) is 5.82 Å². The van der Waals surface area contributed by atoms with Crippen LogP contribution in [0.4, 0.5) is 5.82 Å². The number of hydrogen-bond donors (Lipinski definition) is 1. The molecule has 1 spiro atoms. The second-order valence-corrected chi connectivity index (χ2v) is 8.37. The molecule has 1 aromatic carbocycles. The Bertz CT molecular complexity index is 758. The molecule has 2 aliphatic heterocycles. The van der Waals surface area contributed by atoms with Gasteiger partial charge < -0.3 is 10.6 Å². The SMILES string of the molecule is Nc1nscc1C(=O)N1CCCC2(CCCN(Cc3ccccc3)C2)C1. The summed E-state index contributed by atoms with van der Waals surface area (Å²) < 4.78 is 4.06. The summed E-state index contributed by atoms with van der Waals surface area (Å²) in [6, 6.07) is 10.7. The summed E-state index contributed by atoms with van der Waals surface area (Å²) in [5, 5.41) is 1.78. The second-order valence-electron chi connectivity index (χ2n) is 7.74. The molecule has 0 aliphatic carbocycles. The van der Waals surface area contributed by atoms with Crippen LogP contribution >= 0.6 is 11.5 Å². The Balaban J connectivity index is 1.45. The fraction of sp³-hybridized carbons (Fsp3) is 0.500. The van der Waals surface area contributed by atoms with Crippen molar-refractivity contribution in [3.05, 3.63) is 46.8 Å². The normalized spacial score (nSPS) is 24.1. The molecule has 0 radical (unpaired) electrons. The zero-order valence-electron chi connectivity index (χ0n) is 15.1. The topological polar surface area (TPSA) is 62.5 Å². The highest BCUT2D eigenvalue weighted by atomic mass is 32.1. The first-order chi connectivity index (χ1) is 12.7. The van der Waals surface area contributed by atoms with Gasteiger partial charge in [0.25, 0.3) is 5.91 Å². The summed E-state index contributed by atoms with van der Waals surface area (Å²) in [6.07, 6.45) is 4.69. The standard InChI is InChI=1S/C20H26N4OS/c21-18-17(13-26-22-18)19(25)24-11-5-9-20(15-24)8-4-10-23(14-20)12-16-6-2-1-3-7-16/h1-3,6-7,13H,4-5,8-12,14-15H2,(H2,21,22). The van der Waals surface area contributed by atoms with Gasteiger partial charge in [0.05, 0.1) is 5.56 Å². The Morgan fingerprint density at radius 1 is 1.15 bits per heavy atom. The van der Waals surface area contributed by atoms with E-state index < -0.39 is 0 Å². The molecule has 5 nitrogen and oxygen atoms in total. The summed E-state index contributed by atoms with van der Waals surface area (Å²) in [5.41, 5.74) is 8.03. The maximum absolute atomic E-state index is 12.9. The average molecular weight is 371 g/mol. The van der Waals surface area contributed by atoms with Crippen LogP contribution in [0.1, 0.15) is 41.6 Å². The van der Waals surface area contributed by atoms with Crippen LogP contribution in [0.2, 0.25) is 0 Å². The molecule has 0 saturated carbocycles. The van der Waals surface area contributed by atoms with Crippen molar-refractivity contribution in [1.82, 2.24) is 14.2 Å². The van der Waals surface area contributed by atoms with E-state index in [1.807, 2.05) is 4.90 Å². The van der Waals surface area contributed by atoms with Crippen molar-refractivity contribution in [2.75, 3.05) is 31.9 Å². The van der Waals surface area contributed by atoms with Gasteiger partial charge in [-0.3, -0.25) is 9.69 Å². The third-order valence-corrected chi connectivity index (χ3v) is 6.41. The number of carbonyl (C=O) groups is 1. The number of rotatable bonds is 3. The predicted octanol–water partition coefficient (Wildman–Crippen LogP) is 3.24. The van der Waals surface area contributed by atoms with Gasteiger partial charge in [0, 0.05) is 37.0 Å². The number of aromatic nitrogens is 1. The minimum absolute atomic E-state index is 0.0514. The Morgan fingerprint density at radius 2 is 1.92 bits per heavy atom. The Morgan fingerprint density at radius 3 is 2.65 bits per heavy atom. The second kappa shape index (κ2) is 7.37. The maximum Gasteiger partial charge on any atom is 0.258 e. The monoisotopic (exact) mass is 370 g/mol. The fourth-order valence-electron chi connectivity index (χ4n) is 4.58. The molecule has 2 aliphatic rings. The molecule has 2 fully saturated rings. The molecule has 4 rings (SSSR count). The van der Waals surface area contributed by atoms with Crippen molar-refractivity contribution in [1.29, 1.82) is 0 Å². The van der Waals surface area contributed by atoms with E-state index in [2.05, 4.69) is 39.6 Å². The van der Waals surface area contributed by atoms with E-state index in [4.69, 9.17) is 5.73 Å². The number of amides is 1. The minimum atomic E-state index is 0.0514. The van der Waals surface area contributed by atoms with Gasteiger partial charge in [0.2, 0.25) is 0 Å². The molecular formula is C20H26N4OS. The molecule has 1 amide bonds. The molecule has 3 heterocycles. The van der Waals surface area contributed by atoms with E-state index in [-0.39, 0.29) is 11.3 Å². The van der Waals surface area contributed by atoms with Gasteiger partial charge in [-0.05, 0) is 49.3 Å². The van der Waals surface area contributed by atoms with Gasteiger partial charge in [-0.15, -0.1) is 0 Å². The van der Waals surface area contributed by atoms with Crippen LogP contribution in [0.25, 0.3) is 0 Å². The van der Waals surface area contributed by atoms with Crippen LogP contribution in [0, 0.1) is 5.41 Å². The van der Waals surface area contributed by atoms with Gasteiger partial charge >= 0.3 is 0 Å². The van der Waals surface area contributed by atoms with E-state index >= 15 is 0 Å². The van der Waals surface area contributed by atoms with Gasteiger partial charge in [-0.2, -0.15) is 4.37 Å². The van der Waals surface area contributed by atoms with Crippen molar-refractivity contribution >= 4 is 23.3 Å². The van der Waals surface area contributed by atoms with E-state index in [9.17, 15) is 4.79 Å². The maximum atomic E-state index is 12.9. The van der Waals surface area contributed by atoms with Crippen LogP contribution in [0.5, 0.6) is 0 Å². The number of likely N-dealkylation sites (tertiary alicyclic amines) is 2. The average Bonchev–Trinajstić information content (AvgIpc) is 3.08. The number of nitrogens with two attached hydrogens (primary N) is 1. The lowest BCUT2D eigenvalue weighted by Gasteiger charge is -2.48. The molecule has 2 saturated heterocycles. The van der Waals surface area contributed by atoms with Crippen molar-refractivity contribution in [3.63, 3.8) is 0 Å². The van der Waals surface area contributed by atoms with E-state index in [0.717, 1.165) is 39.1 Å². The quantitative estimate of drug-likeness (QED) is 0.901. The first kappa shape index (κ1) is 17.5. The zero-order chi connectivity index (χ0) is 18.0. The predicted molar refractivity (Wildman–Crippen MR) is 105 cm³/mol. The highest BCUT2D eigenvalue weighted by Crippen LogP contribution is 2.39. The number of piperidine rings is 2. The number of hydrogen-bond acceptors (Lipinski definition) is 5. The lowest BCUT2D eigenvalue weighted by atomic mass is 9.73. The summed E-state index contributed by atoms with van der Waals surface area (Å²) in [4.78, 5) is 17.5. The van der Waals surface area contributed by atoms with Crippen molar-refractivity contribution in [2.45, 2.75) is 32.2 Å². The van der Waals surface area contributed by atoms with Crippen LogP contribution in [0.3, 0.4) is 0 Å². The van der Waals surface area contributed by atoms with Crippen LogP contribution in [0.15, 0.2) is 35.7 Å². The molecule has 0 bridgehead atoms. The Kier molecular flexibility index (Phi) is 4.96. The van der Waals surface area contributed by atoms with E-state index in [0.29, 0.717) is 11.4 Å². The highest BCUT2D eigenvalue weighted by Gasteiger charge is 2.40. The van der Waals surface area contributed by atoms with Crippen LogP contribution in [-0.2, 0) is 6.54 Å². The summed E-state index contributed by atoms with van der Waals surface area (Å²) >= 11 is 1.26. The summed E-state index contributed by atoms with van der Waals surface area (Å²) in [7, 11) is 0. The van der Waals surface area contributed by atoms with Gasteiger partial charge in [-0.25, -0.2) is 0 Å². The Hall–Kier alpha value is -1.92. The number of benzene rings is 1. The largest absolute Gasteiger partial charge is 0.382 e. The van der Waals surface area contributed by atoms with E-state index in [1.54, 1.807) is 5.38 Å². The summed E-state index contributed by atoms with van der Waals surface area (Å²) in [6.45, 7) is 4.88. The zero-order valence-corrected chi connectivity index (χ0v) is 15.9. The third-order valence-electron chi connectivity index (χ3n) is 5.77. The van der Waals surface area contributed by atoms with Crippen molar-refractivity contribution < 1.29 is 4.79 Å². The molecule has 138 valence electrons. The van der Waals surface area contributed by atoms with Crippen molar-refractivity contribution in [2.24, 2.45) is 5.41 Å². The van der Waals surface area contributed by atoms with Gasteiger partial charge in [-0.1, -0.05) is 30.3 Å². The smallest absolute Gasteiger partial charge is 0.258 e. The van der Waals surface area contributed by atoms with Crippen LogP contribution < -0.4 is 5.73 Å². The molecule has 26 heavy (non-hydrogen) atoms. The Labute approximate surface area is 159 Å². The molecule has 6 heteroatoms. The van der Waals surface area contributed by atoms with E-state index in [1.165, 1.54) is 36.4 Å². The fourth-order valence-corrected chi connectivity index (χ4v) is 5.17. The molecule has 2 N–H and O–H groups in total. The highest BCUT2D eigenvalue weighted by molar-refractivity contribution is 7.04. The summed E-state index contributed by atoms with van der Waals surface area (Å²) in [5.74, 6) is 0.421. The molecule has 2 aromatic rings. The molecular weight excluding hydrogens is 344 g/mol. The lowest BCUT2D eigenvalue weighted by molar-refractivity contribution is 0.0114. The number of nitrogen functional groups attached to an aromatic ring is 1. The van der Waals surface area contributed by atoms with Crippen molar-refractivity contribution in [3.8, 4) is 0 Å². The number of anilines is 1. The first-order valence-electron chi connectivity index (χ1n) is 9.41. The minimum Gasteiger partial charge on any atom is -0.382 e. The number of nitrogens with zero attached hydrogens (tertiary/aromatic N) is 3. The number of carbonyl (C=O) groups excluding carboxylic acids is 1.